The van der Waals surface area contributed by atoms with Crippen molar-refractivity contribution in [3.8, 4) is 11.5 Å². The molecule has 6 heteroatoms. The summed E-state index contributed by atoms with van der Waals surface area (Å²) in [6.45, 7) is 1.63. The summed E-state index contributed by atoms with van der Waals surface area (Å²) in [4.78, 5) is 11.3. The van der Waals surface area contributed by atoms with Gasteiger partial charge in [-0.3, -0.25) is 4.79 Å². The first-order chi connectivity index (χ1) is 13.4. The highest BCUT2D eigenvalue weighted by atomic mass is 35.5. The number of fused-ring (bicyclic) bond motifs is 1. The van der Waals surface area contributed by atoms with Crippen molar-refractivity contribution < 1.29 is 19.4 Å². The summed E-state index contributed by atoms with van der Waals surface area (Å²) in [7, 11) is 0. The number of carboxylic acids is 1. The van der Waals surface area contributed by atoms with E-state index in [0.29, 0.717) is 27.1 Å². The van der Waals surface area contributed by atoms with E-state index in [-0.39, 0.29) is 0 Å². The predicted octanol–water partition coefficient (Wildman–Crippen LogP) is 5.85. The monoisotopic (exact) mass is 414 g/mol. The smallest absolute Gasteiger partial charge is 0.310 e. The molecule has 1 heterocycles. The summed E-state index contributed by atoms with van der Waals surface area (Å²) in [5, 5.41) is 10.5. The largest absolute Gasteiger partial charge is 0.481 e. The van der Waals surface area contributed by atoms with Crippen molar-refractivity contribution in [1.29, 1.82) is 0 Å². The average Bonchev–Trinajstić information content (AvgIpc) is 3.08. The Bertz CT molecular complexity index is 984. The highest BCUT2D eigenvalue weighted by molar-refractivity contribution is 6.30. The molecule has 1 N–H and O–H groups in total. The van der Waals surface area contributed by atoms with E-state index in [2.05, 4.69) is 0 Å². The summed E-state index contributed by atoms with van der Waals surface area (Å²) < 4.78 is 12.6. The maximum atomic E-state index is 11.3. The molecule has 0 aromatic heterocycles. The Kier molecular flexibility index (Phi) is 4.69. The maximum Gasteiger partial charge on any atom is 0.310 e. The molecule has 4 rings (SSSR count). The van der Waals surface area contributed by atoms with Crippen LogP contribution in [0.25, 0.3) is 0 Å². The van der Waals surface area contributed by atoms with E-state index in [0.717, 1.165) is 11.1 Å². The third-order valence-corrected chi connectivity index (χ3v) is 5.30. The highest BCUT2D eigenvalue weighted by Gasteiger charge is 2.45. The number of rotatable bonds is 4. The fraction of sp³-hybridized carbons (Fsp3) is 0.136. The van der Waals surface area contributed by atoms with Gasteiger partial charge in [-0.05, 0) is 73.2 Å². The van der Waals surface area contributed by atoms with Crippen LogP contribution in [0.5, 0.6) is 11.5 Å². The second-order valence-corrected chi connectivity index (χ2v) is 7.47. The molecule has 3 aromatic rings. The van der Waals surface area contributed by atoms with Crippen molar-refractivity contribution in [2.45, 2.75) is 18.6 Å². The number of hydrogen-bond acceptors (Lipinski definition) is 3. The van der Waals surface area contributed by atoms with E-state index in [4.69, 9.17) is 32.7 Å². The van der Waals surface area contributed by atoms with Gasteiger partial charge in [-0.2, -0.15) is 0 Å². The van der Waals surface area contributed by atoms with Crippen LogP contribution in [0.3, 0.4) is 0 Å². The fourth-order valence-corrected chi connectivity index (χ4v) is 3.42. The van der Waals surface area contributed by atoms with Crippen molar-refractivity contribution in [2.75, 3.05) is 0 Å². The molecule has 0 bridgehead atoms. The first-order valence-electron chi connectivity index (χ1n) is 8.66. The first-order valence-corrected chi connectivity index (χ1v) is 9.41. The number of carbonyl (C=O) groups is 1. The van der Waals surface area contributed by atoms with Crippen LogP contribution in [0.15, 0.2) is 66.7 Å². The highest BCUT2D eigenvalue weighted by Crippen LogP contribution is 2.48. The van der Waals surface area contributed by atoms with Gasteiger partial charge in [0, 0.05) is 21.2 Å². The Morgan fingerprint density at radius 2 is 1.36 bits per heavy atom. The molecule has 4 nitrogen and oxygen atoms in total. The molecule has 1 atom stereocenters. The van der Waals surface area contributed by atoms with Crippen LogP contribution < -0.4 is 9.47 Å². The second-order valence-electron chi connectivity index (χ2n) is 6.60. The van der Waals surface area contributed by atoms with Gasteiger partial charge < -0.3 is 14.6 Å². The number of carboxylic acid groups (broad SMARTS) is 1. The van der Waals surface area contributed by atoms with Crippen molar-refractivity contribution in [3.05, 3.63) is 93.5 Å². The zero-order chi connectivity index (χ0) is 19.9. The Morgan fingerprint density at radius 1 is 0.857 bits per heavy atom. The number of halogens is 2. The Morgan fingerprint density at radius 3 is 1.86 bits per heavy atom. The van der Waals surface area contributed by atoms with Gasteiger partial charge in [0.25, 0.3) is 0 Å². The van der Waals surface area contributed by atoms with Gasteiger partial charge in [0.1, 0.15) is 0 Å². The van der Waals surface area contributed by atoms with Gasteiger partial charge in [0.2, 0.25) is 0 Å². The van der Waals surface area contributed by atoms with Crippen molar-refractivity contribution in [2.24, 2.45) is 0 Å². The van der Waals surface area contributed by atoms with Gasteiger partial charge in [0.15, 0.2) is 11.5 Å². The molecule has 142 valence electrons. The van der Waals surface area contributed by atoms with Crippen LogP contribution in [0.4, 0.5) is 0 Å². The zero-order valence-corrected chi connectivity index (χ0v) is 16.4. The first kappa shape index (κ1) is 18.7. The molecule has 0 aliphatic carbocycles. The molecule has 0 spiro atoms. The SMILES string of the molecule is CC(C(=O)O)c1ccc2c(c1)OC(c1ccc(Cl)cc1)(c1ccc(Cl)cc1)O2. The topological polar surface area (TPSA) is 55.8 Å². The van der Waals surface area contributed by atoms with E-state index < -0.39 is 17.7 Å². The molecule has 1 aliphatic rings. The molecular weight excluding hydrogens is 399 g/mol. The lowest BCUT2D eigenvalue weighted by Crippen LogP contribution is -2.36. The number of ether oxygens (including phenoxy) is 2. The predicted molar refractivity (Wildman–Crippen MR) is 107 cm³/mol. The van der Waals surface area contributed by atoms with E-state index in [9.17, 15) is 9.90 Å². The van der Waals surface area contributed by atoms with E-state index in [1.165, 1.54) is 0 Å². The molecule has 28 heavy (non-hydrogen) atoms. The molecule has 0 saturated carbocycles. The van der Waals surface area contributed by atoms with Crippen LogP contribution in [-0.4, -0.2) is 11.1 Å². The van der Waals surface area contributed by atoms with Crippen molar-refractivity contribution >= 4 is 29.2 Å². The van der Waals surface area contributed by atoms with Crippen LogP contribution in [0.1, 0.15) is 29.5 Å². The van der Waals surface area contributed by atoms with Gasteiger partial charge >= 0.3 is 11.8 Å². The lowest BCUT2D eigenvalue weighted by Gasteiger charge is -2.28. The van der Waals surface area contributed by atoms with Crippen LogP contribution in [0.2, 0.25) is 10.0 Å². The van der Waals surface area contributed by atoms with Crippen LogP contribution in [0, 0.1) is 0 Å². The minimum absolute atomic E-state index is 0.482. The van der Waals surface area contributed by atoms with E-state index >= 15 is 0 Å². The van der Waals surface area contributed by atoms with Crippen LogP contribution in [-0.2, 0) is 10.6 Å². The molecule has 1 aliphatic heterocycles. The molecule has 3 aromatic carbocycles. The quantitative estimate of drug-likeness (QED) is 0.581. The standard InChI is InChI=1S/C22H16Cl2O4/c1-13(21(25)26)14-2-11-19-20(12-14)28-22(27-19,15-3-7-17(23)8-4-15)16-5-9-18(24)10-6-16/h2-13H,1H3,(H,25,26). The summed E-state index contributed by atoms with van der Waals surface area (Å²) in [5.74, 6) is -1.76. The van der Waals surface area contributed by atoms with E-state index in [1.54, 1.807) is 49.4 Å². The van der Waals surface area contributed by atoms with Gasteiger partial charge in [-0.15, -0.1) is 0 Å². The molecule has 0 fully saturated rings. The summed E-state index contributed by atoms with van der Waals surface area (Å²) >= 11 is 12.1. The average molecular weight is 415 g/mol. The summed E-state index contributed by atoms with van der Waals surface area (Å²) in [5.41, 5.74) is 2.14. The normalized spacial score (nSPS) is 15.2. The van der Waals surface area contributed by atoms with Crippen molar-refractivity contribution in [1.82, 2.24) is 0 Å². The summed E-state index contributed by atoms with van der Waals surface area (Å²) in [6.07, 6.45) is 0. The Hall–Kier alpha value is -2.69. The minimum Gasteiger partial charge on any atom is -0.481 e. The molecule has 0 saturated heterocycles. The minimum atomic E-state index is -1.22. The Labute approximate surface area is 172 Å². The molecule has 1 unspecified atom stereocenters. The maximum absolute atomic E-state index is 11.3. The lowest BCUT2D eigenvalue weighted by atomic mass is 9.97. The third kappa shape index (κ3) is 3.19. The van der Waals surface area contributed by atoms with Gasteiger partial charge in [-0.25, -0.2) is 0 Å². The molecular formula is C22H16Cl2O4. The number of benzene rings is 3. The third-order valence-electron chi connectivity index (χ3n) is 4.79. The lowest BCUT2D eigenvalue weighted by molar-refractivity contribution is -0.138. The Balaban J connectivity index is 1.82. The molecule has 0 radical (unpaired) electrons. The number of hydrogen-bond donors (Lipinski definition) is 1. The summed E-state index contributed by atoms with van der Waals surface area (Å²) in [6, 6.07) is 19.6. The molecule has 0 amide bonds. The van der Waals surface area contributed by atoms with Gasteiger partial charge in [-0.1, -0.05) is 29.3 Å². The van der Waals surface area contributed by atoms with Gasteiger partial charge in [0.05, 0.1) is 5.92 Å². The fourth-order valence-electron chi connectivity index (χ4n) is 3.17. The zero-order valence-electron chi connectivity index (χ0n) is 14.9. The second kappa shape index (κ2) is 7.04. The van der Waals surface area contributed by atoms with Crippen molar-refractivity contribution in [3.63, 3.8) is 0 Å². The van der Waals surface area contributed by atoms with E-state index in [1.807, 2.05) is 24.3 Å². The number of aliphatic carboxylic acids is 1. The van der Waals surface area contributed by atoms with Crippen LogP contribution >= 0.6 is 23.2 Å².